The largest absolute Gasteiger partial charge is 0.384 e. The average molecular weight is 245 g/mol. The number of pyridine rings is 1. The van der Waals surface area contributed by atoms with E-state index in [0.29, 0.717) is 16.9 Å². The Hall–Kier alpha value is -2.43. The van der Waals surface area contributed by atoms with Crippen LogP contribution in [-0.4, -0.2) is 10.9 Å². The Kier molecular flexibility index (Phi) is 3.52. The van der Waals surface area contributed by atoms with Crippen molar-refractivity contribution in [1.29, 1.82) is 0 Å². The maximum Gasteiger partial charge on any atom is 0.253 e. The number of hydrogen-bond acceptors (Lipinski definition) is 3. The van der Waals surface area contributed by atoms with Crippen molar-refractivity contribution >= 4 is 11.7 Å². The molecule has 0 fully saturated rings. The summed E-state index contributed by atoms with van der Waals surface area (Å²) in [6, 6.07) is 9.40. The summed E-state index contributed by atoms with van der Waals surface area (Å²) in [5.41, 5.74) is 6.25. The van der Waals surface area contributed by atoms with E-state index in [1.165, 1.54) is 18.3 Å². The molecule has 1 heterocycles. The first-order valence-electron chi connectivity index (χ1n) is 5.40. The summed E-state index contributed by atoms with van der Waals surface area (Å²) in [5.74, 6) is -0.306. The number of anilines is 1. The van der Waals surface area contributed by atoms with Crippen molar-refractivity contribution in [3.05, 3.63) is 59.5 Å². The van der Waals surface area contributed by atoms with Gasteiger partial charge in [-0.2, -0.15) is 0 Å². The Morgan fingerprint density at radius 3 is 2.72 bits per heavy atom. The summed E-state index contributed by atoms with van der Waals surface area (Å²) in [4.78, 5) is 15.5. The third-order valence-electron chi connectivity index (χ3n) is 2.45. The molecule has 0 bridgehead atoms. The molecule has 5 heteroatoms. The van der Waals surface area contributed by atoms with Crippen LogP contribution >= 0.6 is 0 Å². The first-order valence-corrected chi connectivity index (χ1v) is 5.40. The molecule has 0 radical (unpaired) electrons. The number of rotatable bonds is 3. The molecule has 3 N–H and O–H groups in total. The van der Waals surface area contributed by atoms with Gasteiger partial charge in [0, 0.05) is 18.3 Å². The highest BCUT2D eigenvalue weighted by atomic mass is 19.1. The van der Waals surface area contributed by atoms with Gasteiger partial charge in [-0.1, -0.05) is 18.2 Å². The van der Waals surface area contributed by atoms with Crippen molar-refractivity contribution in [2.75, 3.05) is 5.73 Å². The first-order chi connectivity index (χ1) is 8.66. The van der Waals surface area contributed by atoms with Gasteiger partial charge in [-0.05, 0) is 18.2 Å². The maximum absolute atomic E-state index is 13.3. The third-order valence-corrected chi connectivity index (χ3v) is 2.45. The smallest absolute Gasteiger partial charge is 0.253 e. The minimum absolute atomic E-state index is 0.135. The molecule has 0 aliphatic carbocycles. The Labute approximate surface area is 104 Å². The van der Waals surface area contributed by atoms with Gasteiger partial charge >= 0.3 is 0 Å². The van der Waals surface area contributed by atoms with Gasteiger partial charge in [0.15, 0.2) is 0 Å². The average Bonchev–Trinajstić information content (AvgIpc) is 2.38. The van der Waals surface area contributed by atoms with Crippen molar-refractivity contribution in [2.24, 2.45) is 0 Å². The molecular formula is C13H12FN3O. The van der Waals surface area contributed by atoms with Crippen LogP contribution in [0.15, 0.2) is 42.6 Å². The number of carbonyl (C=O) groups is 1. The first kappa shape index (κ1) is 12.0. The Balaban J connectivity index is 2.01. The molecule has 2 rings (SSSR count). The molecule has 0 unspecified atom stereocenters. The van der Waals surface area contributed by atoms with Crippen LogP contribution in [0.5, 0.6) is 0 Å². The molecule has 0 spiro atoms. The Morgan fingerprint density at radius 2 is 2.06 bits per heavy atom. The third kappa shape index (κ3) is 2.82. The molecular weight excluding hydrogens is 233 g/mol. The van der Waals surface area contributed by atoms with Gasteiger partial charge < -0.3 is 11.1 Å². The normalized spacial score (nSPS) is 10.1. The zero-order valence-electron chi connectivity index (χ0n) is 9.56. The molecule has 2 aromatic rings. The van der Waals surface area contributed by atoms with Crippen LogP contribution in [0, 0.1) is 5.82 Å². The molecule has 0 aliphatic rings. The van der Waals surface area contributed by atoms with Crippen molar-refractivity contribution in [3.8, 4) is 0 Å². The summed E-state index contributed by atoms with van der Waals surface area (Å²) in [6.45, 7) is 0.135. The summed E-state index contributed by atoms with van der Waals surface area (Å²) in [5, 5.41) is 2.62. The second-order valence-corrected chi connectivity index (χ2v) is 3.75. The lowest BCUT2D eigenvalue weighted by Gasteiger charge is -2.06. The van der Waals surface area contributed by atoms with Crippen LogP contribution in [-0.2, 0) is 6.54 Å². The van der Waals surface area contributed by atoms with E-state index in [2.05, 4.69) is 10.3 Å². The zero-order chi connectivity index (χ0) is 13.0. The summed E-state index contributed by atoms with van der Waals surface area (Å²) < 4.78 is 13.3. The molecule has 1 aromatic carbocycles. The summed E-state index contributed by atoms with van der Waals surface area (Å²) in [7, 11) is 0. The van der Waals surface area contributed by atoms with Crippen molar-refractivity contribution in [1.82, 2.24) is 10.3 Å². The second kappa shape index (κ2) is 5.27. The topological polar surface area (TPSA) is 68.0 Å². The Bertz CT molecular complexity index is 554. The number of benzene rings is 1. The lowest BCUT2D eigenvalue weighted by Crippen LogP contribution is -2.23. The van der Waals surface area contributed by atoms with Gasteiger partial charge in [-0.25, -0.2) is 9.37 Å². The van der Waals surface area contributed by atoms with Gasteiger partial charge in [0.1, 0.15) is 11.6 Å². The molecule has 92 valence electrons. The van der Waals surface area contributed by atoms with Crippen LogP contribution in [0.4, 0.5) is 10.2 Å². The minimum Gasteiger partial charge on any atom is -0.384 e. The molecule has 0 saturated heterocycles. The molecule has 1 aromatic heterocycles. The van der Waals surface area contributed by atoms with E-state index in [1.807, 2.05) is 0 Å². The number of nitrogens with two attached hydrogens (primary N) is 1. The fraction of sp³-hybridized carbons (Fsp3) is 0.0769. The lowest BCUT2D eigenvalue weighted by molar-refractivity contribution is 0.0950. The molecule has 18 heavy (non-hydrogen) atoms. The Morgan fingerprint density at radius 1 is 1.28 bits per heavy atom. The van der Waals surface area contributed by atoms with E-state index in [1.54, 1.807) is 24.3 Å². The minimum atomic E-state index is -0.340. The van der Waals surface area contributed by atoms with Crippen molar-refractivity contribution in [3.63, 3.8) is 0 Å². The lowest BCUT2D eigenvalue weighted by atomic mass is 10.2. The number of hydrogen-bond donors (Lipinski definition) is 2. The van der Waals surface area contributed by atoms with E-state index in [4.69, 9.17) is 5.73 Å². The van der Waals surface area contributed by atoms with Crippen molar-refractivity contribution < 1.29 is 9.18 Å². The molecule has 4 nitrogen and oxygen atoms in total. The predicted octanol–water partition coefficient (Wildman–Crippen LogP) is 1.73. The predicted molar refractivity (Wildman–Crippen MR) is 66.2 cm³/mol. The van der Waals surface area contributed by atoms with Crippen LogP contribution in [0.2, 0.25) is 0 Å². The number of carbonyl (C=O) groups excluding carboxylic acids is 1. The van der Waals surface area contributed by atoms with Gasteiger partial charge in [0.05, 0.1) is 5.56 Å². The van der Waals surface area contributed by atoms with Gasteiger partial charge in [-0.15, -0.1) is 0 Å². The summed E-state index contributed by atoms with van der Waals surface area (Å²) in [6.07, 6.45) is 1.38. The van der Waals surface area contributed by atoms with Gasteiger partial charge in [0.2, 0.25) is 0 Å². The highest BCUT2D eigenvalue weighted by Crippen LogP contribution is 2.06. The second-order valence-electron chi connectivity index (χ2n) is 3.75. The number of nitrogen functional groups attached to an aromatic ring is 1. The fourth-order valence-electron chi connectivity index (χ4n) is 1.46. The van der Waals surface area contributed by atoms with Crippen LogP contribution < -0.4 is 11.1 Å². The monoisotopic (exact) mass is 245 g/mol. The van der Waals surface area contributed by atoms with Crippen LogP contribution in [0.3, 0.4) is 0 Å². The number of aromatic nitrogens is 1. The van der Waals surface area contributed by atoms with Crippen LogP contribution in [0.25, 0.3) is 0 Å². The number of amides is 1. The van der Waals surface area contributed by atoms with Gasteiger partial charge in [-0.3, -0.25) is 4.79 Å². The highest BCUT2D eigenvalue weighted by Gasteiger charge is 2.07. The number of nitrogens with one attached hydrogen (secondary N) is 1. The van der Waals surface area contributed by atoms with E-state index >= 15 is 0 Å². The van der Waals surface area contributed by atoms with E-state index in [0.717, 1.165) is 0 Å². The zero-order valence-corrected chi connectivity index (χ0v) is 9.56. The quantitative estimate of drug-likeness (QED) is 0.865. The standard InChI is InChI=1S/C13H12FN3O/c14-11-4-2-1-3-9(11)7-17-13(18)10-5-6-12(15)16-8-10/h1-6,8H,7H2,(H2,15,16)(H,17,18). The van der Waals surface area contributed by atoms with E-state index in [9.17, 15) is 9.18 Å². The number of halogens is 1. The highest BCUT2D eigenvalue weighted by molar-refractivity contribution is 5.93. The SMILES string of the molecule is Nc1ccc(C(=O)NCc2ccccc2F)cn1. The number of nitrogens with zero attached hydrogens (tertiary/aromatic N) is 1. The molecule has 0 aliphatic heterocycles. The van der Waals surface area contributed by atoms with Gasteiger partial charge in [0.25, 0.3) is 5.91 Å². The molecule has 0 saturated carbocycles. The van der Waals surface area contributed by atoms with Crippen molar-refractivity contribution in [2.45, 2.75) is 6.54 Å². The maximum atomic E-state index is 13.3. The van der Waals surface area contributed by atoms with Crippen LogP contribution in [0.1, 0.15) is 15.9 Å². The molecule has 0 atom stereocenters. The van der Waals surface area contributed by atoms with E-state index in [-0.39, 0.29) is 18.3 Å². The fourth-order valence-corrected chi connectivity index (χ4v) is 1.46. The summed E-state index contributed by atoms with van der Waals surface area (Å²) >= 11 is 0. The van der Waals surface area contributed by atoms with E-state index < -0.39 is 0 Å². The molecule has 1 amide bonds.